The summed E-state index contributed by atoms with van der Waals surface area (Å²) >= 11 is 0. The molecule has 1 fully saturated rings. The summed E-state index contributed by atoms with van der Waals surface area (Å²) < 4.78 is 29.6. The number of hydrogen-bond donors (Lipinski definition) is 8. The number of aliphatic hydroxyl groups excluding tert-OH is 4. The van der Waals surface area contributed by atoms with Gasteiger partial charge >= 0.3 is 15.6 Å². The zero-order valence-electron chi connectivity index (χ0n) is 9.57. The minimum atomic E-state index is -5.24. The van der Waals surface area contributed by atoms with E-state index in [4.69, 9.17) is 19.6 Å². The molecule has 8 N–H and O–H groups in total. The van der Waals surface area contributed by atoms with Gasteiger partial charge in [-0.3, -0.25) is 9.05 Å². The zero-order valence-corrected chi connectivity index (χ0v) is 11.4. The SMILES string of the molecule is O=P(O)(O)O[C@@H]1[C@@H](O)[C@H](O)[C@@H](O)[C@H](O)[C@H]1OP(=O)(O)O. The summed E-state index contributed by atoms with van der Waals surface area (Å²) in [6.45, 7) is 0. The van der Waals surface area contributed by atoms with E-state index < -0.39 is 52.3 Å². The maximum Gasteiger partial charge on any atom is 0.470 e. The highest BCUT2D eigenvalue weighted by Gasteiger charge is 2.53. The molecule has 12 nitrogen and oxygen atoms in total. The average Bonchev–Trinajstić information content (AvgIpc) is 2.25. The lowest BCUT2D eigenvalue weighted by atomic mass is 9.85. The first-order chi connectivity index (χ1) is 8.83. The second-order valence-corrected chi connectivity index (χ2v) is 6.47. The number of phosphoric ester groups is 2. The molecule has 120 valence electrons. The van der Waals surface area contributed by atoms with Crippen molar-refractivity contribution in [3.8, 4) is 0 Å². The van der Waals surface area contributed by atoms with Crippen LogP contribution in [0.5, 0.6) is 0 Å². The minimum Gasteiger partial charge on any atom is -0.387 e. The Morgan fingerprint density at radius 3 is 1.05 bits per heavy atom. The molecule has 0 heterocycles. The molecule has 0 aliphatic heterocycles. The van der Waals surface area contributed by atoms with Gasteiger partial charge in [0, 0.05) is 0 Å². The van der Waals surface area contributed by atoms with Crippen LogP contribution in [0.2, 0.25) is 0 Å². The molecule has 1 aliphatic rings. The van der Waals surface area contributed by atoms with Gasteiger partial charge in [0.05, 0.1) is 0 Å². The van der Waals surface area contributed by atoms with E-state index in [9.17, 15) is 29.6 Å². The van der Waals surface area contributed by atoms with Gasteiger partial charge < -0.3 is 40.0 Å². The third-order valence-corrected chi connectivity index (χ3v) is 3.60. The summed E-state index contributed by atoms with van der Waals surface area (Å²) in [5.41, 5.74) is 0. The number of phosphoric acid groups is 2. The minimum absolute atomic E-state index is 2.07. The van der Waals surface area contributed by atoms with Crippen LogP contribution in [-0.4, -0.2) is 76.6 Å². The molecule has 0 spiro atoms. The molecular formula is C6H14O12P2. The van der Waals surface area contributed by atoms with Crippen molar-refractivity contribution in [1.82, 2.24) is 0 Å². The summed E-state index contributed by atoms with van der Waals surface area (Å²) in [5, 5.41) is 37.8. The van der Waals surface area contributed by atoms with Gasteiger partial charge in [-0.05, 0) is 0 Å². The fourth-order valence-electron chi connectivity index (χ4n) is 1.74. The van der Waals surface area contributed by atoms with Crippen molar-refractivity contribution in [2.24, 2.45) is 0 Å². The van der Waals surface area contributed by atoms with Crippen molar-refractivity contribution < 1.29 is 58.2 Å². The Kier molecular flexibility index (Phi) is 5.48. The van der Waals surface area contributed by atoms with E-state index in [0.29, 0.717) is 0 Å². The fraction of sp³-hybridized carbons (Fsp3) is 1.00. The molecule has 0 aromatic carbocycles. The Balaban J connectivity index is 3.09. The van der Waals surface area contributed by atoms with Crippen LogP contribution >= 0.6 is 15.6 Å². The predicted octanol–water partition coefficient (Wildman–Crippen LogP) is -3.60. The molecule has 1 saturated carbocycles. The lowest BCUT2D eigenvalue weighted by Crippen LogP contribution is -2.64. The van der Waals surface area contributed by atoms with Crippen LogP contribution in [0, 0.1) is 0 Å². The normalized spacial score (nSPS) is 39.8. The van der Waals surface area contributed by atoms with Crippen LogP contribution in [0.25, 0.3) is 0 Å². The van der Waals surface area contributed by atoms with Gasteiger partial charge in [0.1, 0.15) is 36.6 Å². The Labute approximate surface area is 111 Å². The summed E-state index contributed by atoms with van der Waals surface area (Å²) in [6, 6.07) is 0. The monoisotopic (exact) mass is 340 g/mol. The van der Waals surface area contributed by atoms with E-state index in [1.54, 1.807) is 0 Å². The van der Waals surface area contributed by atoms with Crippen molar-refractivity contribution in [2.75, 3.05) is 0 Å². The molecule has 1 rings (SSSR count). The molecule has 0 amide bonds. The van der Waals surface area contributed by atoms with E-state index >= 15 is 0 Å². The first-order valence-electron chi connectivity index (χ1n) is 5.03. The molecule has 14 heteroatoms. The molecule has 0 bridgehead atoms. The molecule has 0 unspecified atom stereocenters. The van der Waals surface area contributed by atoms with Gasteiger partial charge in [0.25, 0.3) is 0 Å². The van der Waals surface area contributed by atoms with E-state index in [1.807, 2.05) is 0 Å². The van der Waals surface area contributed by atoms with Crippen molar-refractivity contribution in [2.45, 2.75) is 36.6 Å². The third-order valence-electron chi connectivity index (χ3n) is 2.56. The molecule has 0 aromatic heterocycles. The summed E-state index contributed by atoms with van der Waals surface area (Å²) in [7, 11) is -10.5. The first-order valence-corrected chi connectivity index (χ1v) is 8.10. The number of hydrogen-bond acceptors (Lipinski definition) is 8. The topological polar surface area (TPSA) is 214 Å². The highest BCUT2D eigenvalue weighted by molar-refractivity contribution is 7.46. The van der Waals surface area contributed by atoms with Crippen molar-refractivity contribution >= 4 is 15.6 Å². The summed E-state index contributed by atoms with van der Waals surface area (Å²) in [6.07, 6.45) is -12.8. The number of rotatable bonds is 4. The van der Waals surface area contributed by atoms with Crippen LogP contribution in [0.15, 0.2) is 0 Å². The van der Waals surface area contributed by atoms with Gasteiger partial charge in [-0.2, -0.15) is 0 Å². The smallest absolute Gasteiger partial charge is 0.387 e. The van der Waals surface area contributed by atoms with Crippen molar-refractivity contribution in [1.29, 1.82) is 0 Å². The average molecular weight is 340 g/mol. The molecule has 0 saturated heterocycles. The zero-order chi connectivity index (χ0) is 15.9. The molecule has 0 radical (unpaired) electrons. The van der Waals surface area contributed by atoms with Crippen LogP contribution in [0.3, 0.4) is 0 Å². The molecule has 6 atom stereocenters. The van der Waals surface area contributed by atoms with Crippen LogP contribution < -0.4 is 0 Å². The van der Waals surface area contributed by atoms with E-state index in [0.717, 1.165) is 0 Å². The van der Waals surface area contributed by atoms with Crippen LogP contribution in [-0.2, 0) is 18.2 Å². The second-order valence-electron chi connectivity index (χ2n) is 4.08. The Morgan fingerprint density at radius 2 is 0.850 bits per heavy atom. The highest BCUT2D eigenvalue weighted by Crippen LogP contribution is 2.46. The molecule has 1 aliphatic carbocycles. The van der Waals surface area contributed by atoms with Crippen LogP contribution in [0.4, 0.5) is 0 Å². The predicted molar refractivity (Wildman–Crippen MR) is 57.9 cm³/mol. The lowest BCUT2D eigenvalue weighted by molar-refractivity contribution is -0.216. The largest absolute Gasteiger partial charge is 0.470 e. The number of aliphatic hydroxyl groups is 4. The van der Waals surface area contributed by atoms with Gasteiger partial charge in [0.2, 0.25) is 0 Å². The van der Waals surface area contributed by atoms with Gasteiger partial charge in [0.15, 0.2) is 0 Å². The van der Waals surface area contributed by atoms with Gasteiger partial charge in [-0.1, -0.05) is 0 Å². The summed E-state index contributed by atoms with van der Waals surface area (Å²) in [4.78, 5) is 34.6. The van der Waals surface area contributed by atoms with E-state index in [-0.39, 0.29) is 0 Å². The fourth-order valence-corrected chi connectivity index (χ4v) is 2.87. The van der Waals surface area contributed by atoms with Crippen molar-refractivity contribution in [3.05, 3.63) is 0 Å². The Hall–Kier alpha value is 0.0600. The Morgan fingerprint density at radius 1 is 0.600 bits per heavy atom. The van der Waals surface area contributed by atoms with Gasteiger partial charge in [-0.25, -0.2) is 9.13 Å². The molecule has 0 aromatic rings. The standard InChI is InChI=1S/C6H14O12P2/c7-1-2(8)4(10)6(18-20(14,15)16)5(3(1)9)17-19(11,12)13/h1-10H,(H2,11,12,13)(H2,14,15,16)/t1-,2-,3+,4+,5-,6-/m1/s1. The van der Waals surface area contributed by atoms with Crippen LogP contribution in [0.1, 0.15) is 0 Å². The van der Waals surface area contributed by atoms with E-state index in [2.05, 4.69) is 9.05 Å². The van der Waals surface area contributed by atoms with Gasteiger partial charge in [-0.15, -0.1) is 0 Å². The molecule has 20 heavy (non-hydrogen) atoms. The second kappa shape index (κ2) is 6.05. The Bertz CT molecular complexity index is 388. The van der Waals surface area contributed by atoms with Crippen molar-refractivity contribution in [3.63, 3.8) is 0 Å². The van der Waals surface area contributed by atoms with E-state index in [1.165, 1.54) is 0 Å². The summed E-state index contributed by atoms with van der Waals surface area (Å²) in [5.74, 6) is 0. The quantitative estimate of drug-likeness (QED) is 0.233. The third kappa shape index (κ3) is 4.53. The maximum atomic E-state index is 10.7. The maximum absolute atomic E-state index is 10.7. The first kappa shape index (κ1) is 18.1. The molecular weight excluding hydrogens is 326 g/mol. The lowest BCUT2D eigenvalue weighted by Gasteiger charge is -2.42. The highest BCUT2D eigenvalue weighted by atomic mass is 31.2.